The molecule has 0 spiro atoms. The van der Waals surface area contributed by atoms with E-state index in [1.807, 2.05) is 0 Å². The minimum atomic E-state index is -0.333. The van der Waals surface area contributed by atoms with Crippen LogP contribution >= 0.6 is 11.6 Å². The Morgan fingerprint density at radius 1 is 1.41 bits per heavy atom. The van der Waals surface area contributed by atoms with Crippen LogP contribution in [0.1, 0.15) is 5.56 Å². The second-order valence-corrected chi connectivity index (χ2v) is 3.94. The van der Waals surface area contributed by atoms with E-state index in [1.54, 1.807) is 44.5 Å². The smallest absolute Gasteiger partial charge is 0.290 e. The molecule has 0 aliphatic heterocycles. The number of methoxy groups -OCH3 is 1. The standard InChI is InChI=1S/C12H11ClN2O2/c1-8-7-14-15(12(16)11(8)13)9-4-3-5-10(6-9)17-2/h3-7H,1-2H3. The van der Waals surface area contributed by atoms with E-state index in [1.165, 1.54) is 4.68 Å². The molecule has 0 saturated carbocycles. The van der Waals surface area contributed by atoms with Crippen molar-refractivity contribution in [3.8, 4) is 11.4 Å². The fraction of sp³-hybridized carbons (Fsp3) is 0.167. The van der Waals surface area contributed by atoms with E-state index in [0.29, 0.717) is 17.0 Å². The number of benzene rings is 1. The lowest BCUT2D eigenvalue weighted by Gasteiger charge is -2.07. The second-order valence-electron chi connectivity index (χ2n) is 3.56. The Balaban J connectivity index is 2.61. The number of aryl methyl sites for hydroxylation is 1. The molecule has 88 valence electrons. The van der Waals surface area contributed by atoms with Gasteiger partial charge in [-0.05, 0) is 24.6 Å². The van der Waals surface area contributed by atoms with Gasteiger partial charge in [0.05, 0.1) is 19.0 Å². The zero-order chi connectivity index (χ0) is 12.4. The Kier molecular flexibility index (Phi) is 3.15. The van der Waals surface area contributed by atoms with Gasteiger partial charge in [-0.3, -0.25) is 4.79 Å². The third kappa shape index (κ3) is 2.17. The van der Waals surface area contributed by atoms with E-state index in [9.17, 15) is 4.79 Å². The molecule has 2 aromatic rings. The first kappa shape index (κ1) is 11.7. The molecule has 0 N–H and O–H groups in total. The molecular formula is C12H11ClN2O2. The molecule has 0 atom stereocenters. The van der Waals surface area contributed by atoms with Crippen molar-refractivity contribution in [1.29, 1.82) is 0 Å². The van der Waals surface area contributed by atoms with E-state index in [-0.39, 0.29) is 10.6 Å². The number of aromatic nitrogens is 2. The number of halogens is 1. The molecule has 0 amide bonds. The lowest BCUT2D eigenvalue weighted by Crippen LogP contribution is -2.22. The molecule has 1 aromatic carbocycles. The van der Waals surface area contributed by atoms with Crippen molar-refractivity contribution < 1.29 is 4.74 Å². The first-order valence-corrected chi connectivity index (χ1v) is 5.40. The Morgan fingerprint density at radius 2 is 2.18 bits per heavy atom. The van der Waals surface area contributed by atoms with E-state index >= 15 is 0 Å². The van der Waals surface area contributed by atoms with Gasteiger partial charge in [-0.2, -0.15) is 9.78 Å². The highest BCUT2D eigenvalue weighted by molar-refractivity contribution is 6.31. The van der Waals surface area contributed by atoms with Crippen molar-refractivity contribution in [1.82, 2.24) is 9.78 Å². The summed E-state index contributed by atoms with van der Waals surface area (Å²) in [5, 5.41) is 4.23. The summed E-state index contributed by atoms with van der Waals surface area (Å²) in [7, 11) is 1.57. The highest BCUT2D eigenvalue weighted by Crippen LogP contribution is 2.15. The first-order chi connectivity index (χ1) is 8.13. The molecule has 4 nitrogen and oxygen atoms in total. The third-order valence-corrected chi connectivity index (χ3v) is 2.85. The van der Waals surface area contributed by atoms with Gasteiger partial charge in [0.1, 0.15) is 10.8 Å². The van der Waals surface area contributed by atoms with Crippen LogP contribution in [0.3, 0.4) is 0 Å². The van der Waals surface area contributed by atoms with Crippen molar-refractivity contribution in [3.63, 3.8) is 0 Å². The molecule has 17 heavy (non-hydrogen) atoms. The van der Waals surface area contributed by atoms with Crippen LogP contribution in [0.25, 0.3) is 5.69 Å². The van der Waals surface area contributed by atoms with Crippen molar-refractivity contribution in [2.24, 2.45) is 0 Å². The summed E-state index contributed by atoms with van der Waals surface area (Å²) in [5.74, 6) is 0.660. The SMILES string of the molecule is COc1cccc(-n2ncc(C)c(Cl)c2=O)c1. The zero-order valence-electron chi connectivity index (χ0n) is 9.48. The fourth-order valence-electron chi connectivity index (χ4n) is 1.44. The molecular weight excluding hydrogens is 240 g/mol. The molecule has 1 aromatic heterocycles. The Morgan fingerprint density at radius 3 is 2.88 bits per heavy atom. The van der Waals surface area contributed by atoms with Crippen LogP contribution in [-0.2, 0) is 0 Å². The van der Waals surface area contributed by atoms with Gasteiger partial charge < -0.3 is 4.74 Å². The number of nitrogens with zero attached hydrogens (tertiary/aromatic N) is 2. The van der Waals surface area contributed by atoms with E-state index in [2.05, 4.69) is 5.10 Å². The minimum Gasteiger partial charge on any atom is -0.497 e. The lowest BCUT2D eigenvalue weighted by atomic mass is 10.3. The van der Waals surface area contributed by atoms with Crippen LogP contribution in [0, 0.1) is 6.92 Å². The molecule has 0 bridgehead atoms. The van der Waals surface area contributed by atoms with E-state index in [0.717, 1.165) is 0 Å². The summed E-state index contributed by atoms with van der Waals surface area (Å²) in [6.07, 6.45) is 1.56. The molecule has 0 unspecified atom stereocenters. The molecule has 0 fully saturated rings. The monoisotopic (exact) mass is 250 g/mol. The van der Waals surface area contributed by atoms with Crippen LogP contribution in [0.4, 0.5) is 0 Å². The summed E-state index contributed by atoms with van der Waals surface area (Å²) in [6, 6.07) is 7.07. The van der Waals surface area contributed by atoms with Crippen LogP contribution in [0.15, 0.2) is 35.3 Å². The van der Waals surface area contributed by atoms with Crippen molar-refractivity contribution in [3.05, 3.63) is 51.4 Å². The fourth-order valence-corrected chi connectivity index (χ4v) is 1.57. The molecule has 0 aliphatic carbocycles. The second kappa shape index (κ2) is 4.59. The summed E-state index contributed by atoms with van der Waals surface area (Å²) >= 11 is 5.90. The van der Waals surface area contributed by atoms with Crippen LogP contribution in [-0.4, -0.2) is 16.9 Å². The van der Waals surface area contributed by atoms with Gasteiger partial charge in [0.25, 0.3) is 5.56 Å². The number of hydrogen-bond donors (Lipinski definition) is 0. The predicted molar refractivity (Wildman–Crippen MR) is 66.1 cm³/mol. The average Bonchev–Trinajstić information content (AvgIpc) is 2.36. The lowest BCUT2D eigenvalue weighted by molar-refractivity contribution is 0.414. The molecule has 0 aliphatic rings. The Hall–Kier alpha value is -1.81. The summed E-state index contributed by atoms with van der Waals surface area (Å²) in [6.45, 7) is 1.74. The van der Waals surface area contributed by atoms with Crippen LogP contribution in [0.5, 0.6) is 5.75 Å². The number of rotatable bonds is 2. The van der Waals surface area contributed by atoms with Crippen LogP contribution in [0.2, 0.25) is 5.02 Å². The van der Waals surface area contributed by atoms with Gasteiger partial charge in [-0.15, -0.1) is 0 Å². The highest BCUT2D eigenvalue weighted by Gasteiger charge is 2.08. The number of ether oxygens (including phenoxy) is 1. The van der Waals surface area contributed by atoms with Gasteiger partial charge in [0.15, 0.2) is 0 Å². The van der Waals surface area contributed by atoms with Gasteiger partial charge >= 0.3 is 0 Å². The topological polar surface area (TPSA) is 44.1 Å². The first-order valence-electron chi connectivity index (χ1n) is 5.02. The minimum absolute atomic E-state index is 0.183. The maximum atomic E-state index is 11.9. The maximum Gasteiger partial charge on any atom is 0.290 e. The zero-order valence-corrected chi connectivity index (χ0v) is 10.2. The molecule has 5 heteroatoms. The third-order valence-electron chi connectivity index (χ3n) is 2.39. The maximum absolute atomic E-state index is 11.9. The Bertz CT molecular complexity index is 608. The van der Waals surface area contributed by atoms with Gasteiger partial charge in [-0.25, -0.2) is 0 Å². The van der Waals surface area contributed by atoms with Crippen molar-refractivity contribution in [2.45, 2.75) is 6.92 Å². The summed E-state index contributed by atoms with van der Waals surface area (Å²) < 4.78 is 6.34. The van der Waals surface area contributed by atoms with E-state index in [4.69, 9.17) is 16.3 Å². The normalized spacial score (nSPS) is 10.3. The van der Waals surface area contributed by atoms with Gasteiger partial charge in [-0.1, -0.05) is 17.7 Å². The van der Waals surface area contributed by atoms with Gasteiger partial charge in [0.2, 0.25) is 0 Å². The van der Waals surface area contributed by atoms with Crippen LogP contribution < -0.4 is 10.3 Å². The summed E-state index contributed by atoms with van der Waals surface area (Å²) in [5.41, 5.74) is 0.951. The highest BCUT2D eigenvalue weighted by atomic mass is 35.5. The molecule has 0 radical (unpaired) electrons. The largest absolute Gasteiger partial charge is 0.497 e. The summed E-state index contributed by atoms with van der Waals surface area (Å²) in [4.78, 5) is 11.9. The van der Waals surface area contributed by atoms with E-state index < -0.39 is 0 Å². The quantitative estimate of drug-likeness (QED) is 0.821. The van der Waals surface area contributed by atoms with Crippen molar-refractivity contribution >= 4 is 11.6 Å². The predicted octanol–water partition coefficient (Wildman–Crippen LogP) is 2.20. The van der Waals surface area contributed by atoms with Gasteiger partial charge in [0, 0.05) is 6.07 Å². The molecule has 2 rings (SSSR count). The molecule has 0 saturated heterocycles. The van der Waals surface area contributed by atoms with Crippen molar-refractivity contribution in [2.75, 3.05) is 7.11 Å². The molecule has 1 heterocycles. The average molecular weight is 251 g/mol. The Labute approximate surface area is 103 Å². The number of hydrogen-bond acceptors (Lipinski definition) is 3.